The van der Waals surface area contributed by atoms with Crippen molar-refractivity contribution in [3.63, 3.8) is 0 Å². The van der Waals surface area contributed by atoms with Gasteiger partial charge in [0, 0.05) is 11.6 Å². The number of aromatic nitrogens is 3. The summed E-state index contributed by atoms with van der Waals surface area (Å²) >= 11 is 0.825. The average Bonchev–Trinajstić information content (AvgIpc) is 3.45. The number of rotatable bonds is 3. The molecule has 1 aliphatic carbocycles. The van der Waals surface area contributed by atoms with Crippen molar-refractivity contribution in [3.05, 3.63) is 53.0 Å². The number of aliphatic imine (C=N–C) groups is 1. The van der Waals surface area contributed by atoms with Crippen molar-refractivity contribution < 1.29 is 13.2 Å². The van der Waals surface area contributed by atoms with E-state index in [-0.39, 0.29) is 27.3 Å². The Morgan fingerprint density at radius 1 is 1.26 bits per heavy atom. The van der Waals surface area contributed by atoms with Gasteiger partial charge in [-0.15, -0.1) is 0 Å². The Balaban J connectivity index is 0.00000132. The van der Waals surface area contributed by atoms with Gasteiger partial charge in [-0.25, -0.2) is 9.98 Å². The third-order valence-corrected chi connectivity index (χ3v) is 5.37. The number of aryl methyl sites for hydroxylation is 1. The first-order valence-electron chi connectivity index (χ1n) is 9.84. The molecule has 31 heavy (non-hydrogen) atoms. The molecule has 4 rings (SSSR count). The van der Waals surface area contributed by atoms with Crippen molar-refractivity contribution in [2.24, 2.45) is 10.7 Å². The number of halogens is 3. The van der Waals surface area contributed by atoms with Crippen LogP contribution >= 0.6 is 11.8 Å². The first-order chi connectivity index (χ1) is 14.7. The molecule has 0 atom stereocenters. The second-order valence-electron chi connectivity index (χ2n) is 6.90. The van der Waals surface area contributed by atoms with Crippen LogP contribution in [0.15, 0.2) is 35.6 Å². The minimum Gasteiger partial charge on any atom is -0.378 e. The summed E-state index contributed by atoms with van der Waals surface area (Å²) in [6.07, 6.45) is 0.275. The number of aromatic amines is 1. The summed E-state index contributed by atoms with van der Waals surface area (Å²) in [6.45, 7) is 5.73. The number of nitrogens with zero attached hydrogens (tertiary/aromatic N) is 3. The molecule has 0 aliphatic heterocycles. The molecule has 1 fully saturated rings. The Morgan fingerprint density at radius 3 is 2.55 bits per heavy atom. The SMILES string of the molecule is CC.Cc1cc(C(=N)SC(N)=Nc2cn[nH]c2)nc2c(C(F)(F)F)cc(C3CC3)cc12. The fourth-order valence-electron chi connectivity index (χ4n) is 3.11. The van der Waals surface area contributed by atoms with Crippen molar-refractivity contribution in [2.75, 3.05) is 0 Å². The van der Waals surface area contributed by atoms with Gasteiger partial charge in [-0.1, -0.05) is 13.8 Å². The molecule has 1 aromatic carbocycles. The average molecular weight is 449 g/mol. The van der Waals surface area contributed by atoms with Crippen LogP contribution in [-0.2, 0) is 6.18 Å². The standard InChI is InChI=1S/C19H17F3N6S.C2H6/c1-9-4-15(17(23)29-18(24)27-12-7-25-26-8-12)28-16-13(9)5-11(10-2-3-10)6-14(16)19(20,21)22;1-2/h4-8,10,23H,2-3H2,1H3,(H2,24,27)(H,25,26);1-2H3. The van der Waals surface area contributed by atoms with E-state index in [0.29, 0.717) is 22.2 Å². The van der Waals surface area contributed by atoms with Gasteiger partial charge in [0.1, 0.15) is 10.7 Å². The third kappa shape index (κ3) is 5.25. The van der Waals surface area contributed by atoms with Crippen LogP contribution in [0.4, 0.5) is 18.9 Å². The fraction of sp³-hybridized carbons (Fsp3) is 0.333. The molecular weight excluding hydrogens is 425 g/mol. The fourth-order valence-corrected chi connectivity index (χ4v) is 3.68. The molecule has 0 spiro atoms. The highest BCUT2D eigenvalue weighted by Gasteiger charge is 2.36. The van der Waals surface area contributed by atoms with E-state index in [9.17, 15) is 13.2 Å². The summed E-state index contributed by atoms with van der Waals surface area (Å²) in [6, 6.07) is 4.60. The van der Waals surface area contributed by atoms with Gasteiger partial charge in [-0.05, 0) is 66.8 Å². The number of H-pyrrole nitrogens is 1. The zero-order valence-corrected chi connectivity index (χ0v) is 18.2. The smallest absolute Gasteiger partial charge is 0.378 e. The van der Waals surface area contributed by atoms with E-state index < -0.39 is 11.7 Å². The predicted molar refractivity (Wildman–Crippen MR) is 119 cm³/mol. The van der Waals surface area contributed by atoms with E-state index in [0.717, 1.165) is 24.6 Å². The number of benzene rings is 1. The zero-order chi connectivity index (χ0) is 22.8. The topological polar surface area (TPSA) is 104 Å². The summed E-state index contributed by atoms with van der Waals surface area (Å²) in [5.74, 6) is 0.187. The van der Waals surface area contributed by atoms with Crippen LogP contribution in [0, 0.1) is 12.3 Å². The van der Waals surface area contributed by atoms with E-state index >= 15 is 0 Å². The highest BCUT2D eigenvalue weighted by atomic mass is 32.2. The summed E-state index contributed by atoms with van der Waals surface area (Å²) in [7, 11) is 0. The Labute approximate surface area is 182 Å². The van der Waals surface area contributed by atoms with Crippen LogP contribution in [-0.4, -0.2) is 25.4 Å². The van der Waals surface area contributed by atoms with Gasteiger partial charge in [-0.3, -0.25) is 10.5 Å². The van der Waals surface area contributed by atoms with E-state index in [4.69, 9.17) is 11.1 Å². The number of fused-ring (bicyclic) bond motifs is 1. The van der Waals surface area contributed by atoms with E-state index in [2.05, 4.69) is 20.2 Å². The lowest BCUT2D eigenvalue weighted by Gasteiger charge is -2.15. The lowest BCUT2D eigenvalue weighted by atomic mass is 9.98. The van der Waals surface area contributed by atoms with Crippen molar-refractivity contribution in [1.82, 2.24) is 15.2 Å². The van der Waals surface area contributed by atoms with E-state index in [1.807, 2.05) is 13.8 Å². The highest BCUT2D eigenvalue weighted by molar-refractivity contribution is 8.26. The van der Waals surface area contributed by atoms with Crippen LogP contribution in [0.25, 0.3) is 10.9 Å². The Bertz CT molecular complexity index is 1120. The number of alkyl halides is 3. The first-order valence-corrected chi connectivity index (χ1v) is 10.7. The number of pyridine rings is 1. The molecule has 0 bridgehead atoms. The van der Waals surface area contributed by atoms with Gasteiger partial charge >= 0.3 is 6.18 Å². The molecule has 2 heterocycles. The lowest BCUT2D eigenvalue weighted by molar-refractivity contribution is -0.136. The molecule has 164 valence electrons. The van der Waals surface area contributed by atoms with Gasteiger partial charge in [0.25, 0.3) is 0 Å². The zero-order valence-electron chi connectivity index (χ0n) is 17.3. The highest BCUT2D eigenvalue weighted by Crippen LogP contribution is 2.44. The Hall–Kier alpha value is -2.88. The maximum absolute atomic E-state index is 13.7. The van der Waals surface area contributed by atoms with Crippen LogP contribution in [0.1, 0.15) is 55.0 Å². The molecule has 0 saturated heterocycles. The molecule has 0 unspecified atom stereocenters. The molecule has 3 aromatic rings. The Kier molecular flexibility index (Phi) is 6.68. The van der Waals surface area contributed by atoms with Gasteiger partial charge in [0.15, 0.2) is 5.17 Å². The van der Waals surface area contributed by atoms with Gasteiger partial charge in [0.2, 0.25) is 0 Å². The summed E-state index contributed by atoms with van der Waals surface area (Å²) in [5, 5.41) is 15.0. The third-order valence-electron chi connectivity index (χ3n) is 4.66. The predicted octanol–water partition coefficient (Wildman–Crippen LogP) is 5.89. The number of nitrogens with one attached hydrogen (secondary N) is 2. The molecule has 0 radical (unpaired) electrons. The molecule has 2 aromatic heterocycles. The lowest BCUT2D eigenvalue weighted by Crippen LogP contribution is -2.13. The van der Waals surface area contributed by atoms with Crippen molar-refractivity contribution in [3.8, 4) is 0 Å². The van der Waals surface area contributed by atoms with Crippen molar-refractivity contribution >= 4 is 38.6 Å². The molecule has 1 aliphatic rings. The number of hydrogen-bond acceptors (Lipinski definition) is 5. The molecular formula is C21H23F3N6S. The van der Waals surface area contributed by atoms with E-state index in [1.165, 1.54) is 18.5 Å². The van der Waals surface area contributed by atoms with Crippen LogP contribution in [0.2, 0.25) is 0 Å². The molecule has 10 heteroatoms. The molecule has 4 N–H and O–H groups in total. The minimum absolute atomic E-state index is 0.0658. The van der Waals surface area contributed by atoms with Crippen LogP contribution < -0.4 is 5.73 Å². The van der Waals surface area contributed by atoms with Gasteiger partial charge < -0.3 is 5.73 Å². The maximum atomic E-state index is 13.7. The second-order valence-corrected chi connectivity index (χ2v) is 7.93. The normalized spacial score (nSPS) is 14.3. The van der Waals surface area contributed by atoms with Crippen LogP contribution in [0.5, 0.6) is 0 Å². The quantitative estimate of drug-likeness (QED) is 0.343. The van der Waals surface area contributed by atoms with Crippen molar-refractivity contribution in [2.45, 2.75) is 45.7 Å². The van der Waals surface area contributed by atoms with E-state index in [1.54, 1.807) is 19.1 Å². The summed E-state index contributed by atoms with van der Waals surface area (Å²) in [4.78, 5) is 8.26. The Morgan fingerprint density at radius 2 is 1.97 bits per heavy atom. The largest absolute Gasteiger partial charge is 0.418 e. The number of thioether (sulfide) groups is 1. The monoisotopic (exact) mass is 448 g/mol. The summed E-state index contributed by atoms with van der Waals surface area (Å²) in [5.41, 5.74) is 6.86. The summed E-state index contributed by atoms with van der Waals surface area (Å²) < 4.78 is 41.2. The van der Waals surface area contributed by atoms with Crippen LogP contribution in [0.3, 0.4) is 0 Å². The molecule has 6 nitrogen and oxygen atoms in total. The minimum atomic E-state index is -4.53. The van der Waals surface area contributed by atoms with Gasteiger partial charge in [-0.2, -0.15) is 18.3 Å². The first kappa shape index (κ1) is 22.8. The maximum Gasteiger partial charge on any atom is 0.418 e. The number of hydrogen-bond donors (Lipinski definition) is 3. The molecule has 0 amide bonds. The molecule has 1 saturated carbocycles. The number of amidine groups is 1. The van der Waals surface area contributed by atoms with Gasteiger partial charge in [0.05, 0.1) is 23.0 Å². The number of nitrogens with two attached hydrogens (primary N) is 1. The van der Waals surface area contributed by atoms with Crippen molar-refractivity contribution in [1.29, 1.82) is 5.41 Å². The second kappa shape index (κ2) is 9.09.